The highest BCUT2D eigenvalue weighted by Gasteiger charge is 2.32. The van der Waals surface area contributed by atoms with Crippen LogP contribution < -0.4 is 14.8 Å². The maximum atomic E-state index is 13.0. The summed E-state index contributed by atoms with van der Waals surface area (Å²) >= 11 is 0. The zero-order valence-corrected chi connectivity index (χ0v) is 15.5. The van der Waals surface area contributed by atoms with E-state index in [9.17, 15) is 9.59 Å². The second kappa shape index (κ2) is 7.43. The number of benzene rings is 1. The third-order valence-electron chi connectivity index (χ3n) is 4.32. The van der Waals surface area contributed by atoms with E-state index >= 15 is 0 Å². The molecule has 0 aliphatic carbocycles. The summed E-state index contributed by atoms with van der Waals surface area (Å²) in [5, 5.41) is 2.77. The fourth-order valence-electron chi connectivity index (χ4n) is 3.23. The average molecular weight is 362 g/mol. The Kier molecular flexibility index (Phi) is 5.25. The van der Waals surface area contributed by atoms with Crippen molar-refractivity contribution < 1.29 is 23.8 Å². The van der Waals surface area contributed by atoms with Crippen LogP contribution in [-0.4, -0.2) is 54.8 Å². The van der Waals surface area contributed by atoms with E-state index in [4.69, 9.17) is 14.2 Å². The van der Waals surface area contributed by atoms with Crippen molar-refractivity contribution in [3.63, 3.8) is 0 Å². The number of hydrogen-bond donors (Lipinski definition) is 1. The fraction of sp³-hybridized carbons (Fsp3) is 0.579. The Morgan fingerprint density at radius 3 is 2.81 bits per heavy atom. The van der Waals surface area contributed by atoms with E-state index in [0.717, 1.165) is 12.8 Å². The molecule has 26 heavy (non-hydrogen) atoms. The van der Waals surface area contributed by atoms with Crippen LogP contribution in [0.5, 0.6) is 11.5 Å². The van der Waals surface area contributed by atoms with Crippen molar-refractivity contribution in [1.82, 2.24) is 10.2 Å². The normalized spacial score (nSPS) is 19.2. The third-order valence-corrected chi connectivity index (χ3v) is 4.32. The molecule has 2 heterocycles. The molecule has 7 nitrogen and oxygen atoms in total. The Morgan fingerprint density at radius 2 is 2.04 bits per heavy atom. The molecule has 7 heteroatoms. The van der Waals surface area contributed by atoms with Crippen LogP contribution >= 0.6 is 0 Å². The van der Waals surface area contributed by atoms with Gasteiger partial charge in [0.1, 0.15) is 18.8 Å². The van der Waals surface area contributed by atoms with Crippen LogP contribution in [-0.2, 0) is 4.74 Å². The van der Waals surface area contributed by atoms with Crippen LogP contribution in [0.2, 0.25) is 0 Å². The predicted molar refractivity (Wildman–Crippen MR) is 95.7 cm³/mol. The lowest BCUT2D eigenvalue weighted by Crippen LogP contribution is -2.44. The Bertz CT molecular complexity index is 683. The molecule has 142 valence electrons. The Hall–Kier alpha value is -2.44. The summed E-state index contributed by atoms with van der Waals surface area (Å²) in [6.07, 6.45) is 1.28. The number of carbonyl (C=O) groups excluding carboxylic acids is 2. The van der Waals surface area contributed by atoms with Crippen LogP contribution in [0.3, 0.4) is 0 Å². The summed E-state index contributed by atoms with van der Waals surface area (Å²) in [4.78, 5) is 26.7. The number of fused-ring (bicyclic) bond motifs is 1. The first-order chi connectivity index (χ1) is 12.3. The molecule has 2 amide bonds. The molecular weight excluding hydrogens is 336 g/mol. The number of alkyl carbamates (subject to hydrolysis) is 1. The zero-order chi connectivity index (χ0) is 18.7. The molecule has 1 aromatic rings. The maximum absolute atomic E-state index is 13.0. The van der Waals surface area contributed by atoms with E-state index in [0.29, 0.717) is 43.4 Å². The van der Waals surface area contributed by atoms with Crippen LogP contribution in [0, 0.1) is 0 Å². The Morgan fingerprint density at radius 1 is 1.27 bits per heavy atom. The van der Waals surface area contributed by atoms with Gasteiger partial charge in [-0.1, -0.05) is 6.07 Å². The van der Waals surface area contributed by atoms with Crippen LogP contribution in [0.1, 0.15) is 44.0 Å². The van der Waals surface area contributed by atoms with Crippen molar-refractivity contribution in [2.45, 2.75) is 45.3 Å². The highest BCUT2D eigenvalue weighted by molar-refractivity contribution is 5.98. The first-order valence-electron chi connectivity index (χ1n) is 9.01. The van der Waals surface area contributed by atoms with E-state index < -0.39 is 11.7 Å². The topological polar surface area (TPSA) is 77.1 Å². The Labute approximate surface area is 153 Å². The molecule has 1 saturated heterocycles. The summed E-state index contributed by atoms with van der Waals surface area (Å²) in [6.45, 7) is 7.39. The van der Waals surface area contributed by atoms with Crippen molar-refractivity contribution >= 4 is 12.0 Å². The SMILES string of the molecule is CC(C)(C)OC(=O)NCC1CCCN1C(=O)c1cccc2c1OCCO2. The number of rotatable bonds is 3. The number of nitrogens with one attached hydrogen (secondary N) is 1. The van der Waals surface area contributed by atoms with Gasteiger partial charge in [0.05, 0.1) is 5.56 Å². The first kappa shape index (κ1) is 18.4. The average Bonchev–Trinajstić information content (AvgIpc) is 3.06. The van der Waals surface area contributed by atoms with Gasteiger partial charge in [-0.05, 0) is 45.7 Å². The molecular formula is C19H26N2O5. The molecule has 0 aromatic heterocycles. The number of nitrogens with zero attached hydrogens (tertiary/aromatic N) is 1. The second-order valence-electron chi connectivity index (χ2n) is 7.51. The summed E-state index contributed by atoms with van der Waals surface area (Å²) in [7, 11) is 0. The summed E-state index contributed by atoms with van der Waals surface area (Å²) in [5.41, 5.74) is -0.0400. The van der Waals surface area contributed by atoms with Crippen LogP contribution in [0.15, 0.2) is 18.2 Å². The summed E-state index contributed by atoms with van der Waals surface area (Å²) < 4.78 is 16.5. The lowest BCUT2D eigenvalue weighted by Gasteiger charge is -2.28. The van der Waals surface area contributed by atoms with E-state index in [1.165, 1.54) is 0 Å². The number of ether oxygens (including phenoxy) is 3. The predicted octanol–water partition coefficient (Wildman–Crippen LogP) is 2.59. The van der Waals surface area contributed by atoms with Gasteiger partial charge in [0.15, 0.2) is 11.5 Å². The largest absolute Gasteiger partial charge is 0.486 e. The first-order valence-corrected chi connectivity index (χ1v) is 9.01. The minimum absolute atomic E-state index is 0.0598. The number of likely N-dealkylation sites (tertiary alicyclic amines) is 1. The quantitative estimate of drug-likeness (QED) is 0.894. The Balaban J connectivity index is 1.67. The van der Waals surface area contributed by atoms with Crippen molar-refractivity contribution in [2.24, 2.45) is 0 Å². The van der Waals surface area contributed by atoms with E-state index in [2.05, 4.69) is 5.32 Å². The van der Waals surface area contributed by atoms with Crippen LogP contribution in [0.25, 0.3) is 0 Å². The molecule has 3 rings (SSSR count). The lowest BCUT2D eigenvalue weighted by molar-refractivity contribution is 0.0500. The van der Waals surface area contributed by atoms with E-state index in [1.54, 1.807) is 23.1 Å². The minimum Gasteiger partial charge on any atom is -0.486 e. The molecule has 0 radical (unpaired) electrons. The molecule has 1 fully saturated rings. The van der Waals surface area contributed by atoms with Gasteiger partial charge in [-0.25, -0.2) is 4.79 Å². The number of para-hydroxylation sites is 1. The standard InChI is InChI=1S/C19H26N2O5/c1-19(2,3)26-18(23)20-12-13-6-5-9-21(13)17(22)14-7-4-8-15-16(14)25-11-10-24-15/h4,7-8,13H,5-6,9-12H2,1-3H3,(H,20,23). The minimum atomic E-state index is -0.546. The monoisotopic (exact) mass is 362 g/mol. The number of carbonyl (C=O) groups is 2. The van der Waals surface area contributed by atoms with Gasteiger partial charge in [0.2, 0.25) is 0 Å². The fourth-order valence-corrected chi connectivity index (χ4v) is 3.23. The highest BCUT2D eigenvalue weighted by Crippen LogP contribution is 2.35. The van der Waals surface area contributed by atoms with Gasteiger partial charge in [-0.15, -0.1) is 0 Å². The van der Waals surface area contributed by atoms with Gasteiger partial charge in [-0.2, -0.15) is 0 Å². The van der Waals surface area contributed by atoms with Gasteiger partial charge < -0.3 is 24.4 Å². The molecule has 0 bridgehead atoms. The van der Waals surface area contributed by atoms with E-state index in [1.807, 2.05) is 20.8 Å². The smallest absolute Gasteiger partial charge is 0.407 e. The zero-order valence-electron chi connectivity index (χ0n) is 15.5. The lowest BCUT2D eigenvalue weighted by atomic mass is 10.1. The van der Waals surface area contributed by atoms with Gasteiger partial charge in [0, 0.05) is 19.1 Å². The van der Waals surface area contributed by atoms with E-state index in [-0.39, 0.29) is 11.9 Å². The number of amides is 2. The molecule has 2 aliphatic rings. The van der Waals surface area contributed by atoms with Crippen molar-refractivity contribution in [1.29, 1.82) is 0 Å². The van der Waals surface area contributed by atoms with Gasteiger partial charge in [0.25, 0.3) is 5.91 Å². The number of hydrogen-bond acceptors (Lipinski definition) is 5. The van der Waals surface area contributed by atoms with Crippen molar-refractivity contribution in [2.75, 3.05) is 26.3 Å². The molecule has 1 atom stereocenters. The molecule has 1 unspecified atom stereocenters. The second-order valence-corrected chi connectivity index (χ2v) is 7.51. The van der Waals surface area contributed by atoms with Crippen molar-refractivity contribution in [3.8, 4) is 11.5 Å². The molecule has 0 spiro atoms. The summed E-state index contributed by atoms with van der Waals surface area (Å²) in [5.74, 6) is 1.01. The maximum Gasteiger partial charge on any atom is 0.407 e. The van der Waals surface area contributed by atoms with Crippen molar-refractivity contribution in [3.05, 3.63) is 23.8 Å². The molecule has 1 aromatic carbocycles. The molecule has 2 aliphatic heterocycles. The van der Waals surface area contributed by atoms with Gasteiger partial charge in [-0.3, -0.25) is 4.79 Å². The molecule has 0 saturated carbocycles. The van der Waals surface area contributed by atoms with Gasteiger partial charge >= 0.3 is 6.09 Å². The summed E-state index contributed by atoms with van der Waals surface area (Å²) in [6, 6.07) is 5.30. The van der Waals surface area contributed by atoms with Crippen LogP contribution in [0.4, 0.5) is 4.79 Å². The third kappa shape index (κ3) is 4.20. The molecule has 1 N–H and O–H groups in total. The highest BCUT2D eigenvalue weighted by atomic mass is 16.6.